The largest absolute Gasteiger partial charge is 0.355 e. The van der Waals surface area contributed by atoms with E-state index in [0.29, 0.717) is 25.9 Å². The molecule has 0 aromatic heterocycles. The summed E-state index contributed by atoms with van der Waals surface area (Å²) in [6.45, 7) is 5.40. The SMILES string of the molecule is CC/C=C\C/C=C\C/C=C\C/C=C\C/C=C\CCCC(=O)NCCSSCCNC(=O)CC. The van der Waals surface area contributed by atoms with Crippen LogP contribution in [0.5, 0.6) is 0 Å². The van der Waals surface area contributed by atoms with Crippen molar-refractivity contribution in [3.63, 3.8) is 0 Å². The van der Waals surface area contributed by atoms with E-state index in [1.807, 2.05) is 6.92 Å². The Morgan fingerprint density at radius 3 is 1.58 bits per heavy atom. The van der Waals surface area contributed by atoms with Gasteiger partial charge < -0.3 is 10.6 Å². The molecule has 4 nitrogen and oxygen atoms in total. The van der Waals surface area contributed by atoms with E-state index in [1.54, 1.807) is 21.6 Å². The van der Waals surface area contributed by atoms with Crippen molar-refractivity contribution in [1.82, 2.24) is 10.6 Å². The molecule has 0 aromatic rings. The van der Waals surface area contributed by atoms with E-state index in [0.717, 1.165) is 56.5 Å². The summed E-state index contributed by atoms with van der Waals surface area (Å²) >= 11 is 0. The third-order valence-corrected chi connectivity index (χ3v) is 6.76. The molecule has 2 amide bonds. The third-order valence-electron chi connectivity index (χ3n) is 4.35. The number of carbonyl (C=O) groups is 2. The summed E-state index contributed by atoms with van der Waals surface area (Å²) in [4.78, 5) is 22.9. The lowest BCUT2D eigenvalue weighted by Gasteiger charge is -2.05. The van der Waals surface area contributed by atoms with Gasteiger partial charge in [0.1, 0.15) is 0 Å². The zero-order valence-corrected chi connectivity index (χ0v) is 22.2. The van der Waals surface area contributed by atoms with Crippen LogP contribution in [0.25, 0.3) is 0 Å². The van der Waals surface area contributed by atoms with Gasteiger partial charge in [0, 0.05) is 37.4 Å². The van der Waals surface area contributed by atoms with Crippen LogP contribution in [0.4, 0.5) is 0 Å². The molecule has 0 bridgehead atoms. The molecule has 0 unspecified atom stereocenters. The molecule has 0 heterocycles. The average molecular weight is 493 g/mol. The lowest BCUT2D eigenvalue weighted by atomic mass is 10.2. The number of hydrogen-bond acceptors (Lipinski definition) is 4. The number of allylic oxidation sites excluding steroid dienone is 10. The Hall–Kier alpha value is -1.66. The highest BCUT2D eigenvalue weighted by Gasteiger charge is 2.00. The molecule has 186 valence electrons. The van der Waals surface area contributed by atoms with Gasteiger partial charge in [0.15, 0.2) is 0 Å². The van der Waals surface area contributed by atoms with Crippen LogP contribution in [0.15, 0.2) is 60.8 Å². The van der Waals surface area contributed by atoms with E-state index in [4.69, 9.17) is 0 Å². The molecule has 0 atom stereocenters. The quantitative estimate of drug-likeness (QED) is 0.104. The summed E-state index contributed by atoms with van der Waals surface area (Å²) in [5, 5.41) is 5.81. The van der Waals surface area contributed by atoms with Gasteiger partial charge in [-0.2, -0.15) is 0 Å². The molecule has 0 rings (SSSR count). The van der Waals surface area contributed by atoms with Crippen LogP contribution < -0.4 is 10.6 Å². The summed E-state index contributed by atoms with van der Waals surface area (Å²) in [7, 11) is 3.45. The molecular formula is C27H44N2O2S2. The first-order valence-corrected chi connectivity index (χ1v) is 14.7. The number of unbranched alkanes of at least 4 members (excludes halogenated alkanes) is 1. The molecule has 0 aliphatic carbocycles. The predicted octanol–water partition coefficient (Wildman–Crippen LogP) is 6.93. The third kappa shape index (κ3) is 26.5. The van der Waals surface area contributed by atoms with E-state index < -0.39 is 0 Å². The van der Waals surface area contributed by atoms with Crippen LogP contribution in [-0.4, -0.2) is 36.4 Å². The lowest BCUT2D eigenvalue weighted by Crippen LogP contribution is -2.25. The Kier molecular flexibility index (Phi) is 25.3. The maximum Gasteiger partial charge on any atom is 0.220 e. The summed E-state index contributed by atoms with van der Waals surface area (Å²) in [6.07, 6.45) is 29.9. The molecule has 0 spiro atoms. The van der Waals surface area contributed by atoms with Crippen molar-refractivity contribution in [2.24, 2.45) is 0 Å². The van der Waals surface area contributed by atoms with Crippen molar-refractivity contribution in [3.8, 4) is 0 Å². The van der Waals surface area contributed by atoms with Crippen molar-refractivity contribution in [2.45, 2.75) is 71.6 Å². The standard InChI is InChI=1S/C27H44N2O2S2/c1-3-5-6-7-8-9-10-11-12-13-14-15-16-17-18-19-20-21-27(31)29-23-25-33-32-24-22-28-26(30)4-2/h5-6,8-9,11-12,14-15,17-18H,3-4,7,10,13,16,19-25H2,1-2H3,(H,28,30)(H,29,31)/b6-5-,9-8-,12-11-,15-14-,18-17-. The number of hydrogen-bond donors (Lipinski definition) is 2. The maximum absolute atomic E-state index is 11.8. The molecule has 0 aliphatic rings. The minimum atomic E-state index is 0.0949. The molecule has 0 radical (unpaired) electrons. The van der Waals surface area contributed by atoms with Crippen LogP contribution >= 0.6 is 21.6 Å². The Balaban J connectivity index is 3.46. The first kappa shape index (κ1) is 31.3. The highest BCUT2D eigenvalue weighted by molar-refractivity contribution is 8.76. The topological polar surface area (TPSA) is 58.2 Å². The second-order valence-electron chi connectivity index (χ2n) is 7.30. The minimum Gasteiger partial charge on any atom is -0.355 e. The number of nitrogens with one attached hydrogen (secondary N) is 2. The van der Waals surface area contributed by atoms with Gasteiger partial charge in [-0.05, 0) is 44.9 Å². The van der Waals surface area contributed by atoms with Gasteiger partial charge in [0.2, 0.25) is 11.8 Å². The molecular weight excluding hydrogens is 448 g/mol. The summed E-state index contributed by atoms with van der Waals surface area (Å²) in [6, 6.07) is 0. The zero-order chi connectivity index (χ0) is 24.2. The highest BCUT2D eigenvalue weighted by atomic mass is 33.1. The molecule has 0 saturated heterocycles. The predicted molar refractivity (Wildman–Crippen MR) is 150 cm³/mol. The maximum atomic E-state index is 11.8. The van der Waals surface area contributed by atoms with Crippen LogP contribution in [0.1, 0.15) is 71.6 Å². The van der Waals surface area contributed by atoms with Crippen molar-refractivity contribution < 1.29 is 9.59 Å². The summed E-state index contributed by atoms with van der Waals surface area (Å²) in [5.41, 5.74) is 0. The first-order chi connectivity index (χ1) is 16.2. The second kappa shape index (κ2) is 26.6. The van der Waals surface area contributed by atoms with E-state index in [9.17, 15) is 9.59 Å². The normalized spacial score (nSPS) is 12.2. The van der Waals surface area contributed by atoms with Crippen LogP contribution in [0.2, 0.25) is 0 Å². The molecule has 0 fully saturated rings. The van der Waals surface area contributed by atoms with E-state index in [1.165, 1.54) is 0 Å². The minimum absolute atomic E-state index is 0.0949. The molecule has 0 aliphatic heterocycles. The molecule has 6 heteroatoms. The zero-order valence-electron chi connectivity index (χ0n) is 20.6. The number of carbonyl (C=O) groups excluding carboxylic acids is 2. The summed E-state index contributed by atoms with van der Waals surface area (Å²) < 4.78 is 0. The van der Waals surface area contributed by atoms with Gasteiger partial charge in [0.25, 0.3) is 0 Å². The average Bonchev–Trinajstić information content (AvgIpc) is 2.82. The van der Waals surface area contributed by atoms with E-state index in [2.05, 4.69) is 78.3 Å². The Morgan fingerprint density at radius 1 is 0.636 bits per heavy atom. The fourth-order valence-electron chi connectivity index (χ4n) is 2.54. The van der Waals surface area contributed by atoms with Crippen LogP contribution in [0.3, 0.4) is 0 Å². The Labute approximate surface area is 210 Å². The van der Waals surface area contributed by atoms with Crippen LogP contribution in [0, 0.1) is 0 Å². The molecule has 0 saturated carbocycles. The van der Waals surface area contributed by atoms with Gasteiger partial charge >= 0.3 is 0 Å². The molecule has 2 N–H and O–H groups in total. The van der Waals surface area contributed by atoms with Gasteiger partial charge in [-0.3, -0.25) is 9.59 Å². The van der Waals surface area contributed by atoms with E-state index in [-0.39, 0.29) is 11.8 Å². The molecule has 0 aromatic carbocycles. The van der Waals surface area contributed by atoms with Gasteiger partial charge in [-0.15, -0.1) is 0 Å². The monoisotopic (exact) mass is 492 g/mol. The van der Waals surface area contributed by atoms with Gasteiger partial charge in [0.05, 0.1) is 0 Å². The van der Waals surface area contributed by atoms with Gasteiger partial charge in [-0.1, -0.05) is 96.2 Å². The van der Waals surface area contributed by atoms with Crippen molar-refractivity contribution in [2.75, 3.05) is 24.6 Å². The molecule has 33 heavy (non-hydrogen) atoms. The summed E-state index contributed by atoms with van der Waals surface area (Å²) in [5.74, 6) is 1.99. The first-order valence-electron chi connectivity index (χ1n) is 12.2. The Bertz CT molecular complexity index is 626. The van der Waals surface area contributed by atoms with E-state index >= 15 is 0 Å². The van der Waals surface area contributed by atoms with Crippen molar-refractivity contribution >= 4 is 33.4 Å². The van der Waals surface area contributed by atoms with Crippen molar-refractivity contribution in [3.05, 3.63) is 60.8 Å². The number of rotatable bonds is 21. The lowest BCUT2D eigenvalue weighted by molar-refractivity contribution is -0.121. The van der Waals surface area contributed by atoms with Gasteiger partial charge in [-0.25, -0.2) is 0 Å². The second-order valence-corrected chi connectivity index (χ2v) is 10.00. The fourth-order valence-corrected chi connectivity index (χ4v) is 4.36. The number of amides is 2. The Morgan fingerprint density at radius 2 is 1.09 bits per heavy atom. The fraction of sp³-hybridized carbons (Fsp3) is 0.556. The van der Waals surface area contributed by atoms with Crippen molar-refractivity contribution in [1.29, 1.82) is 0 Å². The van der Waals surface area contributed by atoms with Crippen LogP contribution in [-0.2, 0) is 9.59 Å². The highest BCUT2D eigenvalue weighted by Crippen LogP contribution is 2.19. The smallest absolute Gasteiger partial charge is 0.220 e.